The van der Waals surface area contributed by atoms with Crippen LogP contribution in [-0.4, -0.2) is 55.3 Å². The molecule has 0 aromatic heterocycles. The molecular weight excluding hydrogens is 254 g/mol. The fourth-order valence-corrected chi connectivity index (χ4v) is 1.15. The Kier molecular flexibility index (Phi) is 7.83. The van der Waals surface area contributed by atoms with Gasteiger partial charge in [-0.15, -0.1) is 0 Å². The van der Waals surface area contributed by atoms with Gasteiger partial charge in [-0.3, -0.25) is 9.59 Å². The maximum atomic E-state index is 11.5. The molecule has 7 heteroatoms. The van der Waals surface area contributed by atoms with Crippen LogP contribution in [0.2, 0.25) is 0 Å². The second-order valence-corrected chi connectivity index (χ2v) is 3.36. The molecule has 106 valence electrons. The molecule has 0 rings (SSSR count). The first-order valence-corrected chi connectivity index (χ1v) is 5.71. The molecule has 0 unspecified atom stereocenters. The van der Waals surface area contributed by atoms with Crippen LogP contribution in [0, 0.1) is 0 Å². The van der Waals surface area contributed by atoms with Gasteiger partial charge in [-0.1, -0.05) is 0 Å². The summed E-state index contributed by atoms with van der Waals surface area (Å²) in [6.45, 7) is 4.05. The van der Waals surface area contributed by atoms with Crippen LogP contribution in [-0.2, 0) is 28.7 Å². The molecule has 0 aromatic carbocycles. The summed E-state index contributed by atoms with van der Waals surface area (Å²) in [6, 6.07) is 0. The average Bonchev–Trinajstić information content (AvgIpc) is 2.42. The number of nitrogens with zero attached hydrogens (tertiary/aromatic N) is 1. The van der Waals surface area contributed by atoms with Crippen LogP contribution in [0.25, 0.3) is 0 Å². The third-order valence-corrected chi connectivity index (χ3v) is 2.22. The van der Waals surface area contributed by atoms with Crippen molar-refractivity contribution in [1.29, 1.82) is 0 Å². The van der Waals surface area contributed by atoms with Crippen molar-refractivity contribution >= 4 is 23.6 Å². The van der Waals surface area contributed by atoms with Crippen LogP contribution in [0.5, 0.6) is 0 Å². The van der Waals surface area contributed by atoms with Gasteiger partial charge >= 0.3 is 11.9 Å². The SMILES string of the molecule is CCN(CC)C(=O)COC(=O)C(=O)/C=C/C(=O)OC. The zero-order chi connectivity index (χ0) is 14.8. The smallest absolute Gasteiger partial charge is 0.379 e. The van der Waals surface area contributed by atoms with E-state index in [2.05, 4.69) is 9.47 Å². The monoisotopic (exact) mass is 271 g/mol. The van der Waals surface area contributed by atoms with Crippen molar-refractivity contribution in [2.24, 2.45) is 0 Å². The minimum Gasteiger partial charge on any atom is -0.466 e. The molecule has 0 spiro atoms. The highest BCUT2D eigenvalue weighted by Gasteiger charge is 2.16. The summed E-state index contributed by atoms with van der Waals surface area (Å²) in [4.78, 5) is 46.0. The molecule has 0 saturated heterocycles. The van der Waals surface area contributed by atoms with Gasteiger partial charge in [0.2, 0.25) is 0 Å². The van der Waals surface area contributed by atoms with Crippen molar-refractivity contribution in [2.75, 3.05) is 26.8 Å². The summed E-state index contributed by atoms with van der Waals surface area (Å²) in [5.74, 6) is -3.37. The molecule has 0 fully saturated rings. The maximum Gasteiger partial charge on any atom is 0.379 e. The number of hydrogen-bond acceptors (Lipinski definition) is 6. The van der Waals surface area contributed by atoms with E-state index in [4.69, 9.17) is 0 Å². The standard InChI is InChI=1S/C12H17NO6/c1-4-13(5-2)10(15)8-19-12(17)9(14)6-7-11(16)18-3/h6-7H,4-5,8H2,1-3H3/b7-6+. The molecule has 7 nitrogen and oxygen atoms in total. The summed E-state index contributed by atoms with van der Waals surface area (Å²) in [7, 11) is 1.14. The quantitative estimate of drug-likeness (QED) is 0.358. The number of likely N-dealkylation sites (N-methyl/N-ethyl adjacent to an activating group) is 1. The van der Waals surface area contributed by atoms with E-state index in [1.165, 1.54) is 4.90 Å². The molecule has 0 atom stereocenters. The number of carbonyl (C=O) groups is 4. The van der Waals surface area contributed by atoms with Crippen molar-refractivity contribution in [3.05, 3.63) is 12.2 Å². The Morgan fingerprint density at radius 1 is 1.05 bits per heavy atom. The Labute approximate surface area is 111 Å². The molecule has 19 heavy (non-hydrogen) atoms. The van der Waals surface area contributed by atoms with Crippen molar-refractivity contribution in [3.8, 4) is 0 Å². The van der Waals surface area contributed by atoms with Gasteiger partial charge < -0.3 is 14.4 Å². The number of hydrogen-bond donors (Lipinski definition) is 0. The molecule has 0 aliphatic rings. The second kappa shape index (κ2) is 8.84. The normalized spacial score (nSPS) is 10.1. The molecule has 0 aromatic rings. The van der Waals surface area contributed by atoms with Crippen molar-refractivity contribution < 1.29 is 28.7 Å². The first-order chi connectivity index (χ1) is 8.96. The Bertz CT molecular complexity index is 384. The van der Waals surface area contributed by atoms with E-state index in [0.29, 0.717) is 13.1 Å². The fourth-order valence-electron chi connectivity index (χ4n) is 1.15. The Balaban J connectivity index is 4.25. The first-order valence-electron chi connectivity index (χ1n) is 5.71. The summed E-state index contributed by atoms with van der Waals surface area (Å²) < 4.78 is 8.78. The summed E-state index contributed by atoms with van der Waals surface area (Å²) in [6.07, 6.45) is 1.53. The highest BCUT2D eigenvalue weighted by molar-refractivity contribution is 6.38. The highest BCUT2D eigenvalue weighted by Crippen LogP contribution is 1.92. The largest absolute Gasteiger partial charge is 0.466 e. The van der Waals surface area contributed by atoms with Gasteiger partial charge in [0, 0.05) is 25.2 Å². The van der Waals surface area contributed by atoms with E-state index >= 15 is 0 Å². The van der Waals surface area contributed by atoms with Gasteiger partial charge in [-0.05, 0) is 13.8 Å². The van der Waals surface area contributed by atoms with Crippen LogP contribution in [0.15, 0.2) is 12.2 Å². The van der Waals surface area contributed by atoms with Crippen molar-refractivity contribution in [3.63, 3.8) is 0 Å². The maximum absolute atomic E-state index is 11.5. The van der Waals surface area contributed by atoms with Crippen molar-refractivity contribution in [2.45, 2.75) is 13.8 Å². The highest BCUT2D eigenvalue weighted by atomic mass is 16.5. The molecule has 1 amide bonds. The molecule has 0 aliphatic carbocycles. The molecule has 0 radical (unpaired) electrons. The van der Waals surface area contributed by atoms with E-state index in [-0.39, 0.29) is 5.91 Å². The number of methoxy groups -OCH3 is 1. The third kappa shape index (κ3) is 6.35. The molecule has 0 heterocycles. The zero-order valence-corrected chi connectivity index (χ0v) is 11.2. The number of amides is 1. The number of ether oxygens (including phenoxy) is 2. The Hall–Kier alpha value is -2.18. The fraction of sp³-hybridized carbons (Fsp3) is 0.500. The number of carbonyl (C=O) groups excluding carboxylic acids is 4. The summed E-state index contributed by atoms with van der Waals surface area (Å²) >= 11 is 0. The van der Waals surface area contributed by atoms with E-state index in [1.54, 1.807) is 13.8 Å². The van der Waals surface area contributed by atoms with Crippen LogP contribution >= 0.6 is 0 Å². The predicted molar refractivity (Wildman–Crippen MR) is 65.1 cm³/mol. The molecule has 0 bridgehead atoms. The minimum atomic E-state index is -1.19. The van der Waals surface area contributed by atoms with Gasteiger partial charge in [0.05, 0.1) is 7.11 Å². The Morgan fingerprint density at radius 2 is 1.63 bits per heavy atom. The van der Waals surface area contributed by atoms with Gasteiger partial charge in [0.15, 0.2) is 6.61 Å². The Morgan fingerprint density at radius 3 is 2.11 bits per heavy atom. The predicted octanol–water partition coefficient (Wildman–Crippen LogP) is -0.304. The molecule has 0 saturated carbocycles. The first kappa shape index (κ1) is 16.8. The summed E-state index contributed by atoms with van der Waals surface area (Å²) in [5, 5.41) is 0. The van der Waals surface area contributed by atoms with Gasteiger partial charge in [0.25, 0.3) is 11.7 Å². The lowest BCUT2D eigenvalue weighted by atomic mass is 10.3. The summed E-state index contributed by atoms with van der Waals surface area (Å²) in [5.41, 5.74) is 0. The second-order valence-electron chi connectivity index (χ2n) is 3.36. The number of rotatable bonds is 7. The van der Waals surface area contributed by atoms with Crippen LogP contribution in [0.3, 0.4) is 0 Å². The van der Waals surface area contributed by atoms with Crippen molar-refractivity contribution in [1.82, 2.24) is 4.90 Å². The van der Waals surface area contributed by atoms with E-state index < -0.39 is 24.3 Å². The third-order valence-electron chi connectivity index (χ3n) is 2.22. The van der Waals surface area contributed by atoms with Gasteiger partial charge in [-0.25, -0.2) is 9.59 Å². The number of esters is 2. The van der Waals surface area contributed by atoms with Gasteiger partial charge in [0.1, 0.15) is 0 Å². The lowest BCUT2D eigenvalue weighted by molar-refractivity contribution is -0.156. The van der Waals surface area contributed by atoms with Gasteiger partial charge in [-0.2, -0.15) is 0 Å². The molecule has 0 aliphatic heterocycles. The number of ketones is 1. The topological polar surface area (TPSA) is 90.0 Å². The lowest BCUT2D eigenvalue weighted by Crippen LogP contribution is -2.35. The van der Waals surface area contributed by atoms with Crippen LogP contribution in [0.4, 0.5) is 0 Å². The van der Waals surface area contributed by atoms with E-state index in [1.807, 2.05) is 0 Å². The van der Waals surface area contributed by atoms with E-state index in [0.717, 1.165) is 19.3 Å². The molecule has 0 N–H and O–H groups in total. The molecular formula is C12H17NO6. The average molecular weight is 271 g/mol. The zero-order valence-electron chi connectivity index (χ0n) is 11.2. The lowest BCUT2D eigenvalue weighted by Gasteiger charge is -2.17. The van der Waals surface area contributed by atoms with Crippen LogP contribution < -0.4 is 0 Å². The van der Waals surface area contributed by atoms with E-state index in [9.17, 15) is 19.2 Å². The van der Waals surface area contributed by atoms with Crippen LogP contribution in [0.1, 0.15) is 13.8 Å². The minimum absolute atomic E-state index is 0.386.